The number of β-amino-alcohol motifs (C(OH)–C–C–N with tert-alkyl or cyclic N) is 1. The number of anilines is 2. The molecule has 3 N–H and O–H groups in total. The van der Waals surface area contributed by atoms with Crippen LogP contribution in [-0.4, -0.2) is 93.8 Å². The molecule has 0 bridgehead atoms. The zero-order chi connectivity index (χ0) is 49.6. The third-order valence-electron chi connectivity index (χ3n) is 12.0. The number of ether oxygens (including phenoxy) is 2. The van der Waals surface area contributed by atoms with Crippen molar-refractivity contribution in [3.63, 3.8) is 0 Å². The molecule has 3 heterocycles. The van der Waals surface area contributed by atoms with Crippen LogP contribution in [0.15, 0.2) is 102 Å². The van der Waals surface area contributed by atoms with Gasteiger partial charge in [0.2, 0.25) is 23.4 Å². The fourth-order valence-corrected chi connectivity index (χ4v) is 8.93. The van der Waals surface area contributed by atoms with Gasteiger partial charge in [0.05, 0.1) is 36.9 Å². The zero-order valence-corrected chi connectivity index (χ0v) is 40.4. The highest BCUT2D eigenvalue weighted by atomic mass is 35.5. The van der Waals surface area contributed by atoms with E-state index in [2.05, 4.69) is 20.5 Å². The molecule has 4 amide bonds. The molecule has 0 aliphatic carbocycles. The maximum absolute atomic E-state index is 15.9. The van der Waals surface area contributed by atoms with Gasteiger partial charge in [-0.2, -0.15) is 0 Å². The second-order valence-electron chi connectivity index (χ2n) is 18.4. The van der Waals surface area contributed by atoms with Crippen LogP contribution in [-0.2, 0) is 30.5 Å². The van der Waals surface area contributed by atoms with Crippen LogP contribution in [0.5, 0.6) is 5.75 Å². The third-order valence-corrected chi connectivity index (χ3v) is 12.6. The van der Waals surface area contributed by atoms with E-state index in [0.29, 0.717) is 42.2 Å². The number of hydrogen-bond donors (Lipinski definition) is 3. The van der Waals surface area contributed by atoms with Gasteiger partial charge in [0.15, 0.2) is 17.3 Å². The maximum atomic E-state index is 15.9. The molecule has 0 saturated carbocycles. The molecule has 15 nitrogen and oxygen atoms in total. The van der Waals surface area contributed by atoms with Crippen LogP contribution in [0.2, 0.25) is 5.02 Å². The number of aliphatic hydroxyl groups excluding tert-OH is 1. The summed E-state index contributed by atoms with van der Waals surface area (Å²) in [6.07, 6.45) is 3.36. The number of amides is 4. The normalized spacial score (nSPS) is 17.2. The number of aliphatic hydroxyl groups is 1. The number of hydrogen-bond acceptors (Lipinski definition) is 10. The molecule has 0 radical (unpaired) electrons. The summed E-state index contributed by atoms with van der Waals surface area (Å²) in [6.45, 7) is 16.6. The molecule has 2 aliphatic rings. The molecule has 4 aromatic carbocycles. The molecule has 1 aromatic heterocycles. The molecular formula is C51H53ClFN7O8S. The number of carbonyl (C=O) groups excluding carboxylic acids is 4. The molecule has 0 spiro atoms. The average molecular weight is 979 g/mol. The number of aromatic nitrogens is 1. The topological polar surface area (TPSA) is 171 Å². The van der Waals surface area contributed by atoms with Crippen LogP contribution in [0.1, 0.15) is 59.4 Å². The van der Waals surface area contributed by atoms with Crippen LogP contribution < -0.4 is 25.2 Å². The van der Waals surface area contributed by atoms with Gasteiger partial charge in [0.1, 0.15) is 35.8 Å². The van der Waals surface area contributed by atoms with Crippen molar-refractivity contribution in [3.8, 4) is 28.2 Å². The minimum Gasteiger partial charge on any atom is -0.494 e. The molecule has 69 heavy (non-hydrogen) atoms. The number of unbranched alkanes of at least 4 members (excludes halogenated alkanes) is 1. The second kappa shape index (κ2) is 21.3. The van der Waals surface area contributed by atoms with Crippen LogP contribution >= 0.6 is 23.8 Å². The number of carbonyl (C=O) groups is 4. The molecular weight excluding hydrogens is 925 g/mol. The molecule has 0 unspecified atom stereocenters. The van der Waals surface area contributed by atoms with Gasteiger partial charge in [0.25, 0.3) is 5.91 Å². The summed E-state index contributed by atoms with van der Waals surface area (Å²) in [6, 6.07) is 22.1. The molecule has 5 aromatic rings. The molecule has 360 valence electrons. The Labute approximate surface area is 410 Å². The Bertz CT molecular complexity index is 2740. The fourth-order valence-electron chi connectivity index (χ4n) is 8.20. The Balaban J connectivity index is 0.842. The predicted molar refractivity (Wildman–Crippen MR) is 263 cm³/mol. The lowest BCUT2D eigenvalue weighted by atomic mass is 9.85. The van der Waals surface area contributed by atoms with Crippen molar-refractivity contribution < 1.29 is 42.6 Å². The van der Waals surface area contributed by atoms with Gasteiger partial charge in [-0.15, -0.1) is 0 Å². The summed E-state index contributed by atoms with van der Waals surface area (Å²) in [5.74, 6) is -1.06. The van der Waals surface area contributed by atoms with Crippen molar-refractivity contribution in [2.24, 2.45) is 5.41 Å². The van der Waals surface area contributed by atoms with Gasteiger partial charge >= 0.3 is 0 Å². The number of nitrogens with one attached hydrogen (secondary N) is 2. The van der Waals surface area contributed by atoms with E-state index in [1.807, 2.05) is 57.2 Å². The minimum atomic E-state index is -1.22. The zero-order valence-electron chi connectivity index (χ0n) is 38.8. The van der Waals surface area contributed by atoms with Crippen molar-refractivity contribution in [1.82, 2.24) is 20.5 Å². The Hall–Kier alpha value is -6.71. The number of oxazole rings is 1. The third kappa shape index (κ3) is 11.4. The Kier molecular flexibility index (Phi) is 15.5. The van der Waals surface area contributed by atoms with Crippen molar-refractivity contribution in [3.05, 3.63) is 125 Å². The van der Waals surface area contributed by atoms with E-state index in [0.717, 1.165) is 16.7 Å². The first kappa shape index (κ1) is 50.2. The summed E-state index contributed by atoms with van der Waals surface area (Å²) < 4.78 is 32.8. The van der Waals surface area contributed by atoms with Gasteiger partial charge in [-0.25, -0.2) is 14.2 Å². The lowest BCUT2D eigenvalue weighted by Crippen LogP contribution is -2.58. The van der Waals surface area contributed by atoms with Crippen LogP contribution in [0.25, 0.3) is 27.3 Å². The summed E-state index contributed by atoms with van der Waals surface area (Å²) in [7, 11) is 0. The van der Waals surface area contributed by atoms with Crippen LogP contribution in [0, 0.1) is 17.8 Å². The van der Waals surface area contributed by atoms with Gasteiger partial charge in [-0.3, -0.25) is 24.1 Å². The van der Waals surface area contributed by atoms with Gasteiger partial charge < -0.3 is 39.4 Å². The largest absolute Gasteiger partial charge is 0.494 e. The number of benzene rings is 4. The Morgan fingerprint density at radius 2 is 1.71 bits per heavy atom. The highest BCUT2D eigenvalue weighted by Crippen LogP contribution is 2.40. The van der Waals surface area contributed by atoms with E-state index in [1.165, 1.54) is 39.3 Å². The quantitative estimate of drug-likeness (QED) is 0.0466. The van der Waals surface area contributed by atoms with Crippen molar-refractivity contribution in [2.45, 2.75) is 84.2 Å². The molecule has 2 saturated heterocycles. The van der Waals surface area contributed by atoms with E-state index >= 15 is 4.39 Å². The number of likely N-dealkylation sites (tertiary alicyclic amines) is 1. The van der Waals surface area contributed by atoms with Gasteiger partial charge in [0, 0.05) is 36.7 Å². The van der Waals surface area contributed by atoms with E-state index in [9.17, 15) is 24.3 Å². The van der Waals surface area contributed by atoms with Crippen LogP contribution in [0.3, 0.4) is 0 Å². The van der Waals surface area contributed by atoms with Crippen molar-refractivity contribution in [1.29, 1.82) is 0 Å². The highest BCUT2D eigenvalue weighted by molar-refractivity contribution is 7.81. The first-order chi connectivity index (χ1) is 32.9. The minimum absolute atomic E-state index is 0.0404. The Morgan fingerprint density at radius 3 is 2.36 bits per heavy atom. The molecule has 7 rings (SSSR count). The van der Waals surface area contributed by atoms with Crippen molar-refractivity contribution in [2.75, 3.05) is 36.2 Å². The smallest absolute Gasteiger partial charge is 0.259 e. The predicted octanol–water partition coefficient (Wildman–Crippen LogP) is 8.25. The monoisotopic (exact) mass is 977 g/mol. The summed E-state index contributed by atoms with van der Waals surface area (Å²) >= 11 is 12.0. The summed E-state index contributed by atoms with van der Waals surface area (Å²) in [4.78, 5) is 65.4. The molecule has 3 atom stereocenters. The van der Waals surface area contributed by atoms with Gasteiger partial charge in [-0.05, 0) is 97.4 Å². The lowest BCUT2D eigenvalue weighted by Gasteiger charge is -2.35. The number of thiocarbonyl (C=S) groups is 1. The average Bonchev–Trinajstić information content (AvgIpc) is 4.04. The maximum Gasteiger partial charge on any atom is 0.259 e. The summed E-state index contributed by atoms with van der Waals surface area (Å²) in [5, 5.41) is 16.5. The molecule has 18 heteroatoms. The van der Waals surface area contributed by atoms with E-state index in [4.69, 9.17) is 44.3 Å². The van der Waals surface area contributed by atoms with Crippen LogP contribution in [0.4, 0.5) is 21.5 Å². The summed E-state index contributed by atoms with van der Waals surface area (Å²) in [5.41, 5.74) is 1.84. The first-order valence-electron chi connectivity index (χ1n) is 22.4. The molecule has 2 fully saturated rings. The second-order valence-corrected chi connectivity index (χ2v) is 19.2. The van der Waals surface area contributed by atoms with Crippen molar-refractivity contribution >= 4 is 69.6 Å². The van der Waals surface area contributed by atoms with E-state index in [1.54, 1.807) is 50.4 Å². The standard InChI is InChI=1S/C51H53ClFN7O8S/c1-50(2,3)45(47(64)58-28-36(61)25-42(58)46(63)56-26-31-9-11-33(12-10-31)43-27-55-30-68-43)57-44(62)29-66-21-7-8-22-67-37-17-13-32(14-18-37)34-15-20-41(39(53)23-34)60-49(69)59(48(65)51(60,4)5)35-16-19-40(54-6)38(52)24-35/h9-20,23-24,27,30,36,42,45,61H,7-8,21-22,25-26,28-29H2,1-5H3,(H,56,63)(H,57,62)/t36-,42+,45-/m1/s1. The molecule has 2 aliphatic heterocycles. The van der Waals surface area contributed by atoms with E-state index in [-0.39, 0.29) is 60.1 Å². The SMILES string of the molecule is [C-]#[N+]c1ccc(N2C(=O)C(C)(C)N(c3ccc(-c4ccc(OCCCCOCC(=O)N[C@H](C(=O)N5C[C@H](O)C[C@H]5C(=O)NCc5ccc(-c6cnco6)cc5)C(C)(C)C)cc4)cc3F)C2=S)cc1Cl. The lowest BCUT2D eigenvalue weighted by molar-refractivity contribution is -0.144. The van der Waals surface area contributed by atoms with E-state index < -0.39 is 52.7 Å². The fraction of sp³-hybridized carbons (Fsp3) is 0.353. The number of halogens is 2. The number of nitrogens with zero attached hydrogens (tertiary/aromatic N) is 5. The Morgan fingerprint density at radius 1 is 1.01 bits per heavy atom. The number of rotatable bonds is 17. The first-order valence-corrected chi connectivity index (χ1v) is 23.2. The van der Waals surface area contributed by atoms with Gasteiger partial charge in [-0.1, -0.05) is 80.9 Å². The highest BCUT2D eigenvalue weighted by Gasteiger charge is 2.51.